The number of anilines is 1. The molecule has 2 aliphatic rings. The number of para-hydroxylation sites is 2. The molecule has 1 atom stereocenters. The lowest BCUT2D eigenvalue weighted by Crippen LogP contribution is -2.48. The lowest BCUT2D eigenvalue weighted by Gasteiger charge is -2.40. The number of methoxy groups -OCH3 is 1. The van der Waals surface area contributed by atoms with Crippen LogP contribution in [0.5, 0.6) is 5.75 Å². The van der Waals surface area contributed by atoms with E-state index in [0.717, 1.165) is 66.9 Å². The van der Waals surface area contributed by atoms with Gasteiger partial charge in [0.2, 0.25) is 11.8 Å². The minimum Gasteiger partial charge on any atom is -0.497 e. The number of hydrogen-bond acceptors (Lipinski definition) is 3. The average molecular weight is 500 g/mol. The maximum Gasteiger partial charge on any atom is 0.247 e. The Labute approximate surface area is 219 Å². The van der Waals surface area contributed by atoms with Gasteiger partial charge in [-0.2, -0.15) is 0 Å². The number of fused-ring (bicyclic) bond motifs is 3. The van der Waals surface area contributed by atoms with Crippen molar-refractivity contribution in [1.29, 1.82) is 0 Å². The highest BCUT2D eigenvalue weighted by atomic mass is 16.5. The van der Waals surface area contributed by atoms with Gasteiger partial charge >= 0.3 is 0 Å². The van der Waals surface area contributed by atoms with Gasteiger partial charge in [0, 0.05) is 18.7 Å². The monoisotopic (exact) mass is 499 g/mol. The van der Waals surface area contributed by atoms with Crippen LogP contribution in [-0.4, -0.2) is 41.5 Å². The second-order valence-corrected chi connectivity index (χ2v) is 10.2. The first-order valence-corrected chi connectivity index (χ1v) is 13.6. The number of hydrogen-bond donors (Lipinski definition) is 0. The molecule has 6 nitrogen and oxygen atoms in total. The van der Waals surface area contributed by atoms with Crippen LogP contribution in [0.4, 0.5) is 5.69 Å². The van der Waals surface area contributed by atoms with E-state index >= 15 is 0 Å². The molecule has 2 aromatic carbocycles. The first-order valence-electron chi connectivity index (χ1n) is 13.6. The quantitative estimate of drug-likeness (QED) is 0.375. The molecule has 194 valence electrons. The summed E-state index contributed by atoms with van der Waals surface area (Å²) in [5.74, 6) is 0.913. The maximum absolute atomic E-state index is 14.3. The van der Waals surface area contributed by atoms with Crippen LogP contribution in [0, 0.1) is 5.92 Å². The number of unbranched alkanes of at least 4 members (excludes halogenated alkanes) is 1. The first kappa shape index (κ1) is 25.1. The van der Waals surface area contributed by atoms with Crippen LogP contribution in [0.15, 0.2) is 66.9 Å². The molecule has 0 N–H and O–H groups in total. The van der Waals surface area contributed by atoms with Crippen molar-refractivity contribution in [3.8, 4) is 11.4 Å². The van der Waals surface area contributed by atoms with Crippen molar-refractivity contribution in [3.63, 3.8) is 0 Å². The molecule has 3 aromatic rings. The molecule has 0 saturated heterocycles. The van der Waals surface area contributed by atoms with Crippen LogP contribution < -0.4 is 9.64 Å². The van der Waals surface area contributed by atoms with Crippen molar-refractivity contribution in [3.05, 3.63) is 78.1 Å². The van der Waals surface area contributed by atoms with Gasteiger partial charge in [0.25, 0.3) is 0 Å². The molecule has 0 spiro atoms. The number of rotatable bonds is 8. The maximum atomic E-state index is 14.3. The van der Waals surface area contributed by atoms with Crippen molar-refractivity contribution in [2.45, 2.75) is 57.9 Å². The van der Waals surface area contributed by atoms with E-state index in [-0.39, 0.29) is 30.3 Å². The molecule has 0 bridgehead atoms. The van der Waals surface area contributed by atoms with E-state index < -0.39 is 0 Å². The van der Waals surface area contributed by atoms with Crippen molar-refractivity contribution in [1.82, 2.24) is 9.47 Å². The van der Waals surface area contributed by atoms with E-state index in [4.69, 9.17) is 4.74 Å². The van der Waals surface area contributed by atoms with Gasteiger partial charge in [-0.15, -0.1) is 0 Å². The summed E-state index contributed by atoms with van der Waals surface area (Å²) in [6.45, 7) is 2.84. The predicted molar refractivity (Wildman–Crippen MR) is 146 cm³/mol. The van der Waals surface area contributed by atoms with Crippen molar-refractivity contribution < 1.29 is 14.3 Å². The highest BCUT2D eigenvalue weighted by Crippen LogP contribution is 2.42. The zero-order chi connectivity index (χ0) is 25.8. The highest BCUT2D eigenvalue weighted by Gasteiger charge is 2.37. The fourth-order valence-electron chi connectivity index (χ4n) is 5.83. The molecule has 1 fully saturated rings. The Morgan fingerprint density at radius 3 is 2.38 bits per heavy atom. The molecule has 2 heterocycles. The molecular weight excluding hydrogens is 462 g/mol. The third-order valence-electron chi connectivity index (χ3n) is 7.79. The van der Waals surface area contributed by atoms with Crippen LogP contribution in [0.1, 0.15) is 69.2 Å². The normalized spacial score (nSPS) is 17.1. The third-order valence-corrected chi connectivity index (χ3v) is 7.79. The molecule has 1 aliphatic carbocycles. The van der Waals surface area contributed by atoms with Gasteiger partial charge in [-0.3, -0.25) is 14.5 Å². The lowest BCUT2D eigenvalue weighted by molar-refractivity contribution is -0.139. The fourth-order valence-corrected chi connectivity index (χ4v) is 5.83. The Balaban J connectivity index is 1.52. The smallest absolute Gasteiger partial charge is 0.247 e. The topological polar surface area (TPSA) is 54.8 Å². The number of carbonyl (C=O) groups excluding carboxylic acids is 2. The Hall–Kier alpha value is -3.54. The number of nitrogens with zero attached hydrogens (tertiary/aromatic N) is 3. The molecule has 2 amide bonds. The Bertz CT molecular complexity index is 1230. The number of ether oxygens (including phenoxy) is 1. The molecule has 1 aromatic heterocycles. The molecule has 1 saturated carbocycles. The lowest BCUT2D eigenvalue weighted by atomic mass is 9.88. The molecule has 5 rings (SSSR count). The summed E-state index contributed by atoms with van der Waals surface area (Å²) >= 11 is 0. The zero-order valence-corrected chi connectivity index (χ0v) is 21.9. The number of amides is 2. The van der Waals surface area contributed by atoms with E-state index in [1.165, 1.54) is 6.42 Å². The second kappa shape index (κ2) is 11.2. The van der Waals surface area contributed by atoms with Crippen LogP contribution in [0.3, 0.4) is 0 Å². The summed E-state index contributed by atoms with van der Waals surface area (Å²) in [7, 11) is 1.65. The second-order valence-electron chi connectivity index (χ2n) is 10.2. The number of carbonyl (C=O) groups is 2. The van der Waals surface area contributed by atoms with E-state index in [1.54, 1.807) is 7.11 Å². The zero-order valence-electron chi connectivity index (χ0n) is 21.9. The van der Waals surface area contributed by atoms with Gasteiger partial charge < -0.3 is 14.2 Å². The van der Waals surface area contributed by atoms with Crippen LogP contribution in [-0.2, 0) is 9.59 Å². The molecule has 1 unspecified atom stereocenters. The molecule has 6 heteroatoms. The van der Waals surface area contributed by atoms with Crippen molar-refractivity contribution in [2.24, 2.45) is 5.92 Å². The van der Waals surface area contributed by atoms with Crippen LogP contribution >= 0.6 is 0 Å². The van der Waals surface area contributed by atoms with Crippen LogP contribution in [0.25, 0.3) is 5.69 Å². The van der Waals surface area contributed by atoms with Crippen molar-refractivity contribution >= 4 is 17.5 Å². The molecular formula is C31H37N3O3. The summed E-state index contributed by atoms with van der Waals surface area (Å²) in [5.41, 5.74) is 3.86. The average Bonchev–Trinajstić information content (AvgIpc) is 3.44. The summed E-state index contributed by atoms with van der Waals surface area (Å²) in [4.78, 5) is 31.6. The Kier molecular flexibility index (Phi) is 7.63. The number of benzene rings is 2. The fraction of sp³-hybridized carbons (Fsp3) is 0.419. The molecule has 1 aliphatic heterocycles. The van der Waals surface area contributed by atoms with Gasteiger partial charge in [0.1, 0.15) is 18.3 Å². The standard InChI is InChI=1S/C31H37N3O3/c1-3-4-20-32(31(36)24-11-6-5-7-12-24)22-29(35)34-27-14-9-8-13-26(27)33-21-10-15-28(33)30(34)23-16-18-25(37-2)19-17-23/h8-10,13-19,21,24,30H,3-7,11-12,20,22H2,1-2H3. The Morgan fingerprint density at radius 2 is 1.68 bits per heavy atom. The van der Waals surface area contributed by atoms with Gasteiger partial charge in [-0.1, -0.05) is 56.9 Å². The van der Waals surface area contributed by atoms with Gasteiger partial charge in [-0.25, -0.2) is 0 Å². The summed E-state index contributed by atoms with van der Waals surface area (Å²) in [6.07, 6.45) is 9.20. The van der Waals surface area contributed by atoms with E-state index in [0.29, 0.717) is 6.54 Å². The molecule has 0 radical (unpaired) electrons. The highest BCUT2D eigenvalue weighted by molar-refractivity contribution is 6.00. The van der Waals surface area contributed by atoms with Crippen molar-refractivity contribution in [2.75, 3.05) is 25.1 Å². The molecule has 37 heavy (non-hydrogen) atoms. The van der Waals surface area contributed by atoms with E-state index in [2.05, 4.69) is 17.6 Å². The summed E-state index contributed by atoms with van der Waals surface area (Å²) in [6, 6.07) is 19.7. The van der Waals surface area contributed by atoms with E-state index in [9.17, 15) is 9.59 Å². The predicted octanol–water partition coefficient (Wildman–Crippen LogP) is 6.13. The van der Waals surface area contributed by atoms with Gasteiger partial charge in [-0.05, 0) is 61.2 Å². The Morgan fingerprint density at radius 1 is 0.946 bits per heavy atom. The first-order chi connectivity index (χ1) is 18.1. The SMILES string of the molecule is CCCCN(CC(=O)N1c2ccccc2-n2cccc2C1c1ccc(OC)cc1)C(=O)C1CCCCC1. The third kappa shape index (κ3) is 5.02. The summed E-state index contributed by atoms with van der Waals surface area (Å²) < 4.78 is 7.55. The van der Waals surface area contributed by atoms with Crippen LogP contribution in [0.2, 0.25) is 0 Å². The van der Waals surface area contributed by atoms with Gasteiger partial charge in [0.15, 0.2) is 0 Å². The minimum absolute atomic E-state index is 0.0432. The van der Waals surface area contributed by atoms with E-state index in [1.807, 2.05) is 70.6 Å². The number of aromatic nitrogens is 1. The minimum atomic E-state index is -0.305. The summed E-state index contributed by atoms with van der Waals surface area (Å²) in [5, 5.41) is 0. The largest absolute Gasteiger partial charge is 0.497 e. The van der Waals surface area contributed by atoms with Gasteiger partial charge in [0.05, 0.1) is 24.2 Å².